The topological polar surface area (TPSA) is 79.5 Å². The van der Waals surface area contributed by atoms with Crippen LogP contribution in [0.15, 0.2) is 4.52 Å². The highest BCUT2D eigenvalue weighted by atomic mass is 32.2. The number of amides is 2. The molecule has 0 aromatic carbocycles. The molecular weight excluding hydrogens is 304 g/mol. The van der Waals surface area contributed by atoms with Gasteiger partial charge in [-0.2, -0.15) is 4.98 Å². The number of carbonyl (C=O) groups excluding carboxylic acids is 2. The Morgan fingerprint density at radius 2 is 2.23 bits per heavy atom. The Morgan fingerprint density at radius 1 is 1.36 bits per heavy atom. The summed E-state index contributed by atoms with van der Waals surface area (Å²) in [4.78, 5) is 32.1. The van der Waals surface area contributed by atoms with Crippen molar-refractivity contribution in [1.82, 2.24) is 19.9 Å². The maximum Gasteiger partial charge on any atom is 0.242 e. The fourth-order valence-corrected chi connectivity index (χ4v) is 3.91. The summed E-state index contributed by atoms with van der Waals surface area (Å²) in [5, 5.41) is 4.07. The van der Waals surface area contributed by atoms with Crippen molar-refractivity contribution in [2.45, 2.75) is 37.6 Å². The molecule has 3 aliphatic rings. The first-order valence-corrected chi connectivity index (χ1v) is 8.86. The lowest BCUT2D eigenvalue weighted by Gasteiger charge is -2.24. The summed E-state index contributed by atoms with van der Waals surface area (Å²) >= 11 is 1.55. The third kappa shape index (κ3) is 2.60. The van der Waals surface area contributed by atoms with Crippen LogP contribution in [0, 0.1) is 0 Å². The Kier molecular flexibility index (Phi) is 3.56. The number of aromatic nitrogens is 2. The number of rotatable bonds is 4. The SMILES string of the molecule is O=C1CSCN1CC(=O)N1CCCC1c1noc(C2CC2)n1. The number of likely N-dealkylation sites (tertiary alicyclic amines) is 1. The van der Waals surface area contributed by atoms with E-state index in [9.17, 15) is 9.59 Å². The van der Waals surface area contributed by atoms with E-state index in [-0.39, 0.29) is 24.4 Å². The third-order valence-electron chi connectivity index (χ3n) is 4.41. The van der Waals surface area contributed by atoms with Gasteiger partial charge in [0.1, 0.15) is 6.54 Å². The van der Waals surface area contributed by atoms with E-state index in [0.29, 0.717) is 35.8 Å². The average molecular weight is 322 g/mol. The van der Waals surface area contributed by atoms with E-state index in [1.165, 1.54) is 0 Å². The van der Waals surface area contributed by atoms with Crippen molar-refractivity contribution >= 4 is 23.6 Å². The normalized spacial score (nSPS) is 25.3. The molecule has 1 aromatic heterocycles. The second-order valence-electron chi connectivity index (χ2n) is 6.08. The quantitative estimate of drug-likeness (QED) is 0.827. The van der Waals surface area contributed by atoms with Gasteiger partial charge in [-0.15, -0.1) is 11.8 Å². The molecule has 2 saturated heterocycles. The first-order valence-electron chi connectivity index (χ1n) is 7.71. The molecule has 0 bridgehead atoms. The molecule has 1 aromatic rings. The van der Waals surface area contributed by atoms with Crippen molar-refractivity contribution < 1.29 is 14.1 Å². The van der Waals surface area contributed by atoms with Gasteiger partial charge in [0.2, 0.25) is 17.7 Å². The van der Waals surface area contributed by atoms with E-state index in [1.54, 1.807) is 21.6 Å². The number of nitrogens with zero attached hydrogens (tertiary/aromatic N) is 4. The predicted molar refractivity (Wildman–Crippen MR) is 79.0 cm³/mol. The Balaban J connectivity index is 1.45. The largest absolute Gasteiger partial charge is 0.339 e. The molecule has 1 aliphatic carbocycles. The predicted octanol–water partition coefficient (Wildman–Crippen LogP) is 1.14. The van der Waals surface area contributed by atoms with Crippen molar-refractivity contribution in [2.75, 3.05) is 24.7 Å². The molecule has 0 N–H and O–H groups in total. The van der Waals surface area contributed by atoms with Gasteiger partial charge in [0.25, 0.3) is 0 Å². The minimum absolute atomic E-state index is 0.0175. The second-order valence-corrected chi connectivity index (χ2v) is 7.03. The standard InChI is InChI=1S/C14H18N4O3S/c19-11(6-17-8-22-7-12(17)20)18-5-1-2-10(18)13-15-14(21-16-13)9-3-4-9/h9-10H,1-8H2. The molecule has 7 nitrogen and oxygen atoms in total. The lowest BCUT2D eigenvalue weighted by molar-refractivity contribution is -0.138. The van der Waals surface area contributed by atoms with Gasteiger partial charge in [0.15, 0.2) is 5.82 Å². The molecule has 4 rings (SSSR count). The van der Waals surface area contributed by atoms with Gasteiger partial charge in [-0.3, -0.25) is 9.59 Å². The molecule has 3 fully saturated rings. The highest BCUT2D eigenvalue weighted by molar-refractivity contribution is 8.00. The molecule has 0 radical (unpaired) electrons. The number of hydrogen-bond donors (Lipinski definition) is 0. The number of thioether (sulfide) groups is 1. The monoisotopic (exact) mass is 322 g/mol. The Morgan fingerprint density at radius 3 is 2.95 bits per heavy atom. The van der Waals surface area contributed by atoms with Crippen molar-refractivity contribution in [2.24, 2.45) is 0 Å². The molecule has 3 heterocycles. The molecule has 1 atom stereocenters. The third-order valence-corrected chi connectivity index (χ3v) is 5.35. The van der Waals surface area contributed by atoms with E-state index < -0.39 is 0 Å². The summed E-state index contributed by atoms with van der Waals surface area (Å²) in [5.74, 6) is 2.87. The van der Waals surface area contributed by atoms with Crippen LogP contribution >= 0.6 is 11.8 Å². The van der Waals surface area contributed by atoms with Crippen molar-refractivity contribution in [1.29, 1.82) is 0 Å². The van der Waals surface area contributed by atoms with E-state index >= 15 is 0 Å². The van der Waals surface area contributed by atoms with Crippen LogP contribution in [0.4, 0.5) is 0 Å². The molecule has 1 unspecified atom stereocenters. The first-order chi connectivity index (χ1) is 10.7. The van der Waals surface area contributed by atoms with Gasteiger partial charge < -0.3 is 14.3 Å². The fraction of sp³-hybridized carbons (Fsp3) is 0.714. The lowest BCUT2D eigenvalue weighted by Crippen LogP contribution is -2.41. The maximum atomic E-state index is 12.5. The zero-order valence-electron chi connectivity index (χ0n) is 12.2. The van der Waals surface area contributed by atoms with E-state index in [0.717, 1.165) is 25.7 Å². The summed E-state index contributed by atoms with van der Waals surface area (Å²) < 4.78 is 5.31. The number of carbonyl (C=O) groups is 2. The fourth-order valence-electron chi connectivity index (χ4n) is 3.01. The van der Waals surface area contributed by atoms with Gasteiger partial charge in [0, 0.05) is 12.5 Å². The zero-order chi connectivity index (χ0) is 15.1. The molecular formula is C14H18N4O3S. The van der Waals surface area contributed by atoms with Crippen molar-refractivity contribution in [3.05, 3.63) is 11.7 Å². The van der Waals surface area contributed by atoms with E-state index in [2.05, 4.69) is 10.1 Å². The van der Waals surface area contributed by atoms with Crippen LogP contribution in [0.5, 0.6) is 0 Å². The van der Waals surface area contributed by atoms with Crippen LogP contribution in [0.1, 0.15) is 49.4 Å². The van der Waals surface area contributed by atoms with Crippen molar-refractivity contribution in [3.8, 4) is 0 Å². The Hall–Kier alpha value is -1.57. The minimum atomic E-state index is -0.103. The smallest absolute Gasteiger partial charge is 0.242 e. The van der Waals surface area contributed by atoms with Crippen LogP contribution in [0.3, 0.4) is 0 Å². The molecule has 2 amide bonds. The van der Waals surface area contributed by atoms with Gasteiger partial charge >= 0.3 is 0 Å². The van der Waals surface area contributed by atoms with Gasteiger partial charge in [-0.05, 0) is 25.7 Å². The van der Waals surface area contributed by atoms with Gasteiger partial charge in [-0.25, -0.2) is 0 Å². The molecule has 1 saturated carbocycles. The minimum Gasteiger partial charge on any atom is -0.339 e. The van der Waals surface area contributed by atoms with Crippen LogP contribution in [-0.4, -0.2) is 56.5 Å². The van der Waals surface area contributed by atoms with E-state index in [4.69, 9.17) is 4.52 Å². The second kappa shape index (κ2) is 5.57. The lowest BCUT2D eigenvalue weighted by atomic mass is 10.2. The summed E-state index contributed by atoms with van der Waals surface area (Å²) in [7, 11) is 0. The zero-order valence-corrected chi connectivity index (χ0v) is 13.0. The highest BCUT2D eigenvalue weighted by Crippen LogP contribution is 2.40. The first kappa shape index (κ1) is 14.0. The summed E-state index contributed by atoms with van der Waals surface area (Å²) in [6, 6.07) is -0.103. The molecule has 8 heteroatoms. The number of hydrogen-bond acceptors (Lipinski definition) is 6. The highest BCUT2D eigenvalue weighted by Gasteiger charge is 2.37. The summed E-state index contributed by atoms with van der Waals surface area (Å²) in [6.07, 6.45) is 4.03. The van der Waals surface area contributed by atoms with Crippen LogP contribution in [-0.2, 0) is 9.59 Å². The average Bonchev–Trinajstić information content (AvgIpc) is 2.92. The molecule has 0 spiro atoms. The Labute approximate surface area is 132 Å². The van der Waals surface area contributed by atoms with E-state index in [1.807, 2.05) is 0 Å². The molecule has 118 valence electrons. The maximum absolute atomic E-state index is 12.5. The Bertz CT molecular complexity index is 601. The van der Waals surface area contributed by atoms with Crippen LogP contribution in [0.2, 0.25) is 0 Å². The van der Waals surface area contributed by atoms with Crippen molar-refractivity contribution in [3.63, 3.8) is 0 Å². The van der Waals surface area contributed by atoms with Crippen LogP contribution < -0.4 is 0 Å². The van der Waals surface area contributed by atoms with Gasteiger partial charge in [0.05, 0.1) is 17.7 Å². The molecule has 22 heavy (non-hydrogen) atoms. The van der Waals surface area contributed by atoms with Gasteiger partial charge in [-0.1, -0.05) is 5.16 Å². The molecule has 2 aliphatic heterocycles. The summed E-state index contributed by atoms with van der Waals surface area (Å²) in [5.41, 5.74) is 0. The van der Waals surface area contributed by atoms with Crippen LogP contribution in [0.25, 0.3) is 0 Å². The summed E-state index contributed by atoms with van der Waals surface area (Å²) in [6.45, 7) is 0.863.